The molecular formula is C25H36O4. The molecule has 0 amide bonds. The van der Waals surface area contributed by atoms with Crippen molar-refractivity contribution in [1.29, 1.82) is 0 Å². The second-order valence-electron chi connectivity index (χ2n) is 9.74. The maximum atomic E-state index is 13.1. The van der Waals surface area contributed by atoms with E-state index in [1.807, 2.05) is 0 Å². The van der Waals surface area contributed by atoms with Gasteiger partial charge in [0.25, 0.3) is 0 Å². The summed E-state index contributed by atoms with van der Waals surface area (Å²) in [5.74, 6) is 0.784. The first-order valence-electron chi connectivity index (χ1n) is 11.1. The highest BCUT2D eigenvalue weighted by Gasteiger charge is 2.57. The number of hydrogen-bond acceptors (Lipinski definition) is 4. The third-order valence-corrected chi connectivity index (χ3v) is 7.77. The molecule has 160 valence electrons. The predicted octanol–water partition coefficient (Wildman–Crippen LogP) is 5.39. The lowest BCUT2D eigenvalue weighted by atomic mass is 9.47. The Morgan fingerprint density at radius 2 is 1.97 bits per heavy atom. The Balaban J connectivity index is 1.75. The van der Waals surface area contributed by atoms with Crippen LogP contribution in [0.3, 0.4) is 0 Å². The van der Waals surface area contributed by atoms with Gasteiger partial charge in [0.1, 0.15) is 13.2 Å². The van der Waals surface area contributed by atoms with E-state index in [1.54, 1.807) is 5.57 Å². The van der Waals surface area contributed by atoms with E-state index in [0.717, 1.165) is 31.8 Å². The van der Waals surface area contributed by atoms with Gasteiger partial charge in [-0.1, -0.05) is 51.5 Å². The van der Waals surface area contributed by atoms with E-state index in [2.05, 4.69) is 46.4 Å². The highest BCUT2D eigenvalue weighted by Crippen LogP contribution is 2.62. The second kappa shape index (κ2) is 8.49. The predicted molar refractivity (Wildman–Crippen MR) is 114 cm³/mol. The molecule has 0 N–H and O–H groups in total. The van der Waals surface area contributed by atoms with Crippen LogP contribution in [0.15, 0.2) is 36.0 Å². The molecule has 0 aromatic heterocycles. The number of ether oxygens (including phenoxy) is 2. The molecule has 4 heteroatoms. The van der Waals surface area contributed by atoms with E-state index in [-0.39, 0.29) is 30.5 Å². The SMILES string of the molecule is C=CC(=O)OCCOC(=O)[C@]1(C)CCC[C@@]2(C)C1CC=C1C=C(C(C)C)CC[C@@H]12. The highest BCUT2D eigenvalue weighted by atomic mass is 16.6. The number of fused-ring (bicyclic) bond motifs is 3. The van der Waals surface area contributed by atoms with Crippen LogP contribution in [0, 0.1) is 28.6 Å². The second-order valence-corrected chi connectivity index (χ2v) is 9.74. The summed E-state index contributed by atoms with van der Waals surface area (Å²) in [7, 11) is 0. The maximum absolute atomic E-state index is 13.1. The molecule has 0 spiro atoms. The highest BCUT2D eigenvalue weighted by molar-refractivity contribution is 5.81. The summed E-state index contributed by atoms with van der Waals surface area (Å²) in [5.41, 5.74) is 2.69. The molecule has 3 rings (SSSR count). The lowest BCUT2D eigenvalue weighted by Crippen LogP contribution is -2.53. The van der Waals surface area contributed by atoms with Crippen molar-refractivity contribution in [3.05, 3.63) is 36.0 Å². The normalized spacial score (nSPS) is 33.7. The molecule has 0 aromatic rings. The minimum Gasteiger partial charge on any atom is -0.462 e. The Labute approximate surface area is 175 Å². The van der Waals surface area contributed by atoms with Gasteiger partial charge in [-0.25, -0.2) is 4.79 Å². The molecular weight excluding hydrogens is 364 g/mol. The summed E-state index contributed by atoms with van der Waals surface area (Å²) in [6, 6.07) is 0. The molecule has 1 saturated carbocycles. The van der Waals surface area contributed by atoms with Crippen LogP contribution in [0.2, 0.25) is 0 Å². The minimum absolute atomic E-state index is 0.0735. The van der Waals surface area contributed by atoms with Crippen LogP contribution in [0.5, 0.6) is 0 Å². The fourth-order valence-corrected chi connectivity index (χ4v) is 6.09. The fraction of sp³-hybridized carbons (Fsp3) is 0.680. The van der Waals surface area contributed by atoms with Crippen molar-refractivity contribution in [2.45, 2.75) is 66.2 Å². The van der Waals surface area contributed by atoms with Crippen molar-refractivity contribution in [1.82, 2.24) is 0 Å². The van der Waals surface area contributed by atoms with Crippen LogP contribution in [-0.2, 0) is 19.1 Å². The fourth-order valence-electron chi connectivity index (χ4n) is 6.09. The number of allylic oxidation sites excluding steroid dienone is 4. The molecule has 0 aromatic carbocycles. The van der Waals surface area contributed by atoms with E-state index in [9.17, 15) is 9.59 Å². The van der Waals surface area contributed by atoms with Crippen LogP contribution < -0.4 is 0 Å². The standard InChI is InChI=1S/C25H36O4/c1-6-22(26)28-14-15-29-23(27)25(5)13-7-12-24(4)20-10-8-18(17(2)3)16-19(20)9-11-21(24)25/h6,9,16-17,20-21H,1,7-8,10-15H2,2-5H3/t20-,21?,24+,25+/m0/s1. The van der Waals surface area contributed by atoms with E-state index < -0.39 is 11.4 Å². The first-order chi connectivity index (χ1) is 13.7. The molecule has 3 aliphatic rings. The van der Waals surface area contributed by atoms with Crippen molar-refractivity contribution in [2.75, 3.05) is 13.2 Å². The molecule has 1 fully saturated rings. The van der Waals surface area contributed by atoms with Gasteiger partial charge in [-0.05, 0) is 67.8 Å². The molecule has 1 unspecified atom stereocenters. The van der Waals surface area contributed by atoms with Crippen LogP contribution in [0.25, 0.3) is 0 Å². The number of carbonyl (C=O) groups is 2. The molecule has 0 radical (unpaired) electrons. The summed E-state index contributed by atoms with van der Waals surface area (Å²) >= 11 is 0. The lowest BCUT2D eigenvalue weighted by molar-refractivity contribution is -0.171. The summed E-state index contributed by atoms with van der Waals surface area (Å²) in [4.78, 5) is 24.3. The number of hydrogen-bond donors (Lipinski definition) is 0. The van der Waals surface area contributed by atoms with Gasteiger partial charge in [-0.15, -0.1) is 0 Å². The monoisotopic (exact) mass is 400 g/mol. The van der Waals surface area contributed by atoms with Crippen molar-refractivity contribution in [2.24, 2.45) is 28.6 Å². The van der Waals surface area contributed by atoms with Crippen LogP contribution in [-0.4, -0.2) is 25.2 Å². The first kappa shape index (κ1) is 21.9. The largest absolute Gasteiger partial charge is 0.462 e. The molecule has 4 nitrogen and oxygen atoms in total. The maximum Gasteiger partial charge on any atom is 0.330 e. The van der Waals surface area contributed by atoms with Gasteiger partial charge in [-0.3, -0.25) is 4.79 Å². The molecule has 29 heavy (non-hydrogen) atoms. The summed E-state index contributed by atoms with van der Waals surface area (Å²) in [6.45, 7) is 12.6. The quantitative estimate of drug-likeness (QED) is 0.341. The zero-order chi connectivity index (χ0) is 21.2. The van der Waals surface area contributed by atoms with E-state index in [0.29, 0.717) is 11.8 Å². The molecule has 0 heterocycles. The van der Waals surface area contributed by atoms with E-state index in [4.69, 9.17) is 9.47 Å². The van der Waals surface area contributed by atoms with Gasteiger partial charge >= 0.3 is 11.9 Å². The van der Waals surface area contributed by atoms with E-state index >= 15 is 0 Å². The molecule has 4 atom stereocenters. The molecule has 0 aliphatic heterocycles. The summed E-state index contributed by atoms with van der Waals surface area (Å²) < 4.78 is 10.5. The van der Waals surface area contributed by atoms with Crippen molar-refractivity contribution in [3.63, 3.8) is 0 Å². The molecule has 0 saturated heterocycles. The van der Waals surface area contributed by atoms with Crippen molar-refractivity contribution in [3.8, 4) is 0 Å². The Bertz CT molecular complexity index is 731. The summed E-state index contributed by atoms with van der Waals surface area (Å²) in [6.07, 6.45) is 12.3. The van der Waals surface area contributed by atoms with Gasteiger partial charge in [-0.2, -0.15) is 0 Å². The lowest BCUT2D eigenvalue weighted by Gasteiger charge is -2.57. The van der Waals surface area contributed by atoms with Crippen LogP contribution in [0.4, 0.5) is 0 Å². The van der Waals surface area contributed by atoms with Gasteiger partial charge in [0.2, 0.25) is 0 Å². The average Bonchev–Trinajstić information content (AvgIpc) is 2.70. The number of rotatable bonds is 6. The molecule has 3 aliphatic carbocycles. The van der Waals surface area contributed by atoms with Gasteiger partial charge < -0.3 is 9.47 Å². The summed E-state index contributed by atoms with van der Waals surface area (Å²) in [5, 5.41) is 0. The Hall–Kier alpha value is -1.84. The van der Waals surface area contributed by atoms with Gasteiger partial charge in [0, 0.05) is 6.08 Å². The van der Waals surface area contributed by atoms with Gasteiger partial charge in [0.05, 0.1) is 5.41 Å². The zero-order valence-corrected chi connectivity index (χ0v) is 18.5. The van der Waals surface area contributed by atoms with Crippen LogP contribution >= 0.6 is 0 Å². The Kier molecular flexibility index (Phi) is 6.40. The number of carbonyl (C=O) groups excluding carboxylic acids is 2. The first-order valence-corrected chi connectivity index (χ1v) is 11.1. The minimum atomic E-state index is -0.492. The van der Waals surface area contributed by atoms with Crippen molar-refractivity contribution < 1.29 is 19.1 Å². The molecule has 0 bridgehead atoms. The van der Waals surface area contributed by atoms with Crippen LogP contribution in [0.1, 0.15) is 66.2 Å². The third-order valence-electron chi connectivity index (χ3n) is 7.77. The number of esters is 2. The van der Waals surface area contributed by atoms with Gasteiger partial charge in [0.15, 0.2) is 0 Å². The topological polar surface area (TPSA) is 52.6 Å². The van der Waals surface area contributed by atoms with E-state index in [1.165, 1.54) is 18.4 Å². The van der Waals surface area contributed by atoms with Crippen molar-refractivity contribution >= 4 is 11.9 Å². The third kappa shape index (κ3) is 4.08. The Morgan fingerprint density at radius 3 is 2.66 bits per heavy atom. The zero-order valence-electron chi connectivity index (χ0n) is 18.5. The smallest absolute Gasteiger partial charge is 0.330 e. The Morgan fingerprint density at radius 1 is 1.24 bits per heavy atom. The average molecular weight is 401 g/mol.